The van der Waals surface area contributed by atoms with E-state index in [1.165, 1.54) is 0 Å². The van der Waals surface area contributed by atoms with Crippen molar-refractivity contribution in [3.8, 4) is 0 Å². The largest absolute Gasteiger partial charge is 0.362 e. The Morgan fingerprint density at radius 1 is 1.43 bits per heavy atom. The molecule has 0 spiro atoms. The summed E-state index contributed by atoms with van der Waals surface area (Å²) in [7, 11) is 0. The van der Waals surface area contributed by atoms with Crippen LogP contribution in [0.2, 0.25) is 0 Å². The highest BCUT2D eigenvalue weighted by molar-refractivity contribution is 7.99. The second-order valence-electron chi connectivity index (χ2n) is 1.28. The lowest BCUT2D eigenvalue weighted by Gasteiger charge is -2.05. The average Bonchev–Trinajstić information content (AvgIpc) is 2.14. The van der Waals surface area contributed by atoms with E-state index in [-0.39, 0.29) is 0 Å². The van der Waals surface area contributed by atoms with Gasteiger partial charge < -0.3 is 10.6 Å². The normalized spacial score (nSPS) is 19.0. The predicted octanol–water partition coefficient (Wildman–Crippen LogP) is 0.297. The summed E-state index contributed by atoms with van der Waals surface area (Å²) in [5.74, 6) is 0. The minimum atomic E-state index is 0.403. The van der Waals surface area contributed by atoms with Gasteiger partial charge in [0.05, 0.1) is 0 Å². The maximum atomic E-state index is 3.08. The Kier molecular flexibility index (Phi) is 1.46. The Morgan fingerprint density at radius 2 is 2.00 bits per heavy atom. The molecular weight excluding hydrogens is 108 g/mol. The second kappa shape index (κ2) is 2.12. The molecule has 0 radical (unpaired) electrons. The number of rotatable bonds is 1. The van der Waals surface area contributed by atoms with Crippen molar-refractivity contribution >= 4 is 11.8 Å². The van der Waals surface area contributed by atoms with E-state index in [4.69, 9.17) is 0 Å². The summed E-state index contributed by atoms with van der Waals surface area (Å²) in [6.45, 7) is 0. The summed E-state index contributed by atoms with van der Waals surface area (Å²) in [5, 5.41) is 6.16. The van der Waals surface area contributed by atoms with Crippen LogP contribution in [0.25, 0.3) is 0 Å². The zero-order chi connectivity index (χ0) is 5.11. The molecule has 7 heavy (non-hydrogen) atoms. The predicted molar refractivity (Wildman–Crippen MR) is 32.7 cm³/mol. The Hall–Kier alpha value is -0.310. The minimum absolute atomic E-state index is 0.403. The van der Waals surface area contributed by atoms with E-state index in [1.54, 1.807) is 11.8 Å². The van der Waals surface area contributed by atoms with Crippen LogP contribution in [0.5, 0.6) is 0 Å². The second-order valence-corrected chi connectivity index (χ2v) is 2.23. The van der Waals surface area contributed by atoms with Crippen LogP contribution in [0.3, 0.4) is 0 Å². The fourth-order valence-electron chi connectivity index (χ4n) is 0.455. The molecule has 0 saturated heterocycles. The van der Waals surface area contributed by atoms with Crippen LogP contribution in [0.1, 0.15) is 0 Å². The molecule has 40 valence electrons. The van der Waals surface area contributed by atoms with Gasteiger partial charge in [-0.25, -0.2) is 0 Å². The summed E-state index contributed by atoms with van der Waals surface area (Å²) in [6.07, 6.45) is 5.86. The van der Waals surface area contributed by atoms with Gasteiger partial charge in [-0.15, -0.1) is 11.8 Å². The van der Waals surface area contributed by atoms with Gasteiger partial charge in [0.2, 0.25) is 0 Å². The highest BCUT2D eigenvalue weighted by atomic mass is 32.2. The molecule has 1 aliphatic rings. The van der Waals surface area contributed by atoms with E-state index < -0.39 is 0 Å². The molecule has 2 nitrogen and oxygen atoms in total. The molecular formula is C4H8N2S. The van der Waals surface area contributed by atoms with Gasteiger partial charge in [-0.1, -0.05) is 0 Å². The molecule has 1 heterocycles. The maximum absolute atomic E-state index is 3.08. The van der Waals surface area contributed by atoms with Crippen LogP contribution in [-0.2, 0) is 0 Å². The summed E-state index contributed by atoms with van der Waals surface area (Å²) in [6, 6.07) is 0. The zero-order valence-corrected chi connectivity index (χ0v) is 4.96. The molecule has 0 saturated carbocycles. The molecule has 0 unspecified atom stereocenters. The number of thioether (sulfide) groups is 1. The monoisotopic (exact) mass is 116 g/mol. The standard InChI is InChI=1S/C4H8N2S/c1-7-4-5-2-3-6-4/h2-6H,1H3. The fraction of sp³-hybridized carbons (Fsp3) is 0.500. The van der Waals surface area contributed by atoms with Crippen LogP contribution < -0.4 is 10.6 Å². The first-order chi connectivity index (χ1) is 3.43. The van der Waals surface area contributed by atoms with Crippen LogP contribution >= 0.6 is 11.8 Å². The van der Waals surface area contributed by atoms with Crippen molar-refractivity contribution in [3.05, 3.63) is 12.4 Å². The highest BCUT2D eigenvalue weighted by Gasteiger charge is 2.01. The molecule has 0 bridgehead atoms. The molecule has 0 atom stereocenters. The molecule has 0 amide bonds. The van der Waals surface area contributed by atoms with Crippen LogP contribution in [0.15, 0.2) is 12.4 Å². The van der Waals surface area contributed by atoms with E-state index in [0.717, 1.165) is 0 Å². The summed E-state index contributed by atoms with van der Waals surface area (Å²) in [5.41, 5.74) is 0.403. The van der Waals surface area contributed by atoms with E-state index in [0.29, 0.717) is 5.50 Å². The molecule has 0 aromatic rings. The number of hydrogen-bond donors (Lipinski definition) is 2. The molecule has 1 rings (SSSR count). The zero-order valence-electron chi connectivity index (χ0n) is 4.14. The van der Waals surface area contributed by atoms with E-state index in [1.807, 2.05) is 12.4 Å². The SMILES string of the molecule is CSC1NC=CN1. The fourth-order valence-corrected chi connectivity index (χ4v) is 0.885. The first-order valence-corrected chi connectivity index (χ1v) is 3.42. The Balaban J connectivity index is 2.22. The van der Waals surface area contributed by atoms with Gasteiger partial charge in [0, 0.05) is 12.4 Å². The smallest absolute Gasteiger partial charge is 0.144 e. The van der Waals surface area contributed by atoms with Crippen molar-refractivity contribution in [2.24, 2.45) is 0 Å². The quantitative estimate of drug-likeness (QED) is 0.515. The van der Waals surface area contributed by atoms with Crippen molar-refractivity contribution in [2.45, 2.75) is 5.50 Å². The van der Waals surface area contributed by atoms with Crippen molar-refractivity contribution in [1.29, 1.82) is 0 Å². The van der Waals surface area contributed by atoms with Crippen molar-refractivity contribution < 1.29 is 0 Å². The van der Waals surface area contributed by atoms with Gasteiger partial charge in [-0.2, -0.15) is 0 Å². The Labute approximate surface area is 47.4 Å². The summed E-state index contributed by atoms with van der Waals surface area (Å²) < 4.78 is 0. The molecule has 0 aromatic carbocycles. The van der Waals surface area contributed by atoms with Gasteiger partial charge in [-0.05, 0) is 6.26 Å². The molecule has 3 heteroatoms. The lowest BCUT2D eigenvalue weighted by Crippen LogP contribution is -2.25. The van der Waals surface area contributed by atoms with Crippen LogP contribution in [0.4, 0.5) is 0 Å². The van der Waals surface area contributed by atoms with Gasteiger partial charge in [-0.3, -0.25) is 0 Å². The van der Waals surface area contributed by atoms with Crippen LogP contribution in [0, 0.1) is 0 Å². The average molecular weight is 116 g/mol. The molecule has 0 aliphatic carbocycles. The van der Waals surface area contributed by atoms with Crippen LogP contribution in [-0.4, -0.2) is 11.8 Å². The van der Waals surface area contributed by atoms with Crippen molar-refractivity contribution in [1.82, 2.24) is 10.6 Å². The topological polar surface area (TPSA) is 24.1 Å². The first kappa shape index (κ1) is 4.84. The maximum Gasteiger partial charge on any atom is 0.144 e. The van der Waals surface area contributed by atoms with Gasteiger partial charge in [0.1, 0.15) is 5.50 Å². The summed E-state index contributed by atoms with van der Waals surface area (Å²) in [4.78, 5) is 0. The molecule has 2 N–H and O–H groups in total. The highest BCUT2D eigenvalue weighted by Crippen LogP contribution is 2.00. The van der Waals surface area contributed by atoms with Crippen molar-refractivity contribution in [3.63, 3.8) is 0 Å². The molecule has 1 aliphatic heterocycles. The molecule has 0 fully saturated rings. The Bertz CT molecular complexity index is 73.8. The molecule has 0 aromatic heterocycles. The number of hydrogen-bond acceptors (Lipinski definition) is 3. The first-order valence-electron chi connectivity index (χ1n) is 2.13. The van der Waals surface area contributed by atoms with E-state index >= 15 is 0 Å². The van der Waals surface area contributed by atoms with Gasteiger partial charge in [0.25, 0.3) is 0 Å². The third-order valence-electron chi connectivity index (χ3n) is 0.814. The third-order valence-corrected chi connectivity index (χ3v) is 1.56. The minimum Gasteiger partial charge on any atom is -0.362 e. The summed E-state index contributed by atoms with van der Waals surface area (Å²) >= 11 is 1.75. The van der Waals surface area contributed by atoms with E-state index in [9.17, 15) is 0 Å². The lowest BCUT2D eigenvalue weighted by atomic mass is 11.0. The van der Waals surface area contributed by atoms with Gasteiger partial charge in [0.15, 0.2) is 0 Å². The third kappa shape index (κ3) is 1.03. The lowest BCUT2D eigenvalue weighted by molar-refractivity contribution is 0.773. The van der Waals surface area contributed by atoms with Gasteiger partial charge >= 0.3 is 0 Å². The van der Waals surface area contributed by atoms with E-state index in [2.05, 4.69) is 16.9 Å². The number of nitrogens with one attached hydrogen (secondary N) is 2. The van der Waals surface area contributed by atoms with Crippen molar-refractivity contribution in [2.75, 3.05) is 6.26 Å². The Morgan fingerprint density at radius 3 is 2.29 bits per heavy atom.